The minimum absolute atomic E-state index is 0.0150. The number of piperidine rings is 1. The van der Waals surface area contributed by atoms with Crippen LogP contribution in [-0.4, -0.2) is 60.2 Å². The summed E-state index contributed by atoms with van der Waals surface area (Å²) < 4.78 is 5.46. The van der Waals surface area contributed by atoms with Gasteiger partial charge in [-0.15, -0.1) is 0 Å². The van der Waals surface area contributed by atoms with E-state index in [2.05, 4.69) is 33.2 Å². The van der Waals surface area contributed by atoms with Crippen LogP contribution in [0.1, 0.15) is 30.3 Å². The first-order chi connectivity index (χ1) is 13.7. The number of hydrogen-bond acceptors (Lipinski definition) is 6. The van der Waals surface area contributed by atoms with Crippen molar-refractivity contribution >= 4 is 23.1 Å². The monoisotopic (exact) mass is 381 g/mol. The van der Waals surface area contributed by atoms with Gasteiger partial charge in [-0.05, 0) is 30.9 Å². The molecule has 0 bridgehead atoms. The minimum atomic E-state index is -0.0150. The summed E-state index contributed by atoms with van der Waals surface area (Å²) in [5.41, 5.74) is 2.52. The van der Waals surface area contributed by atoms with Crippen LogP contribution in [0.4, 0.5) is 17.2 Å². The van der Waals surface area contributed by atoms with Gasteiger partial charge in [-0.25, -0.2) is 9.97 Å². The van der Waals surface area contributed by atoms with Crippen LogP contribution in [0, 0.1) is 5.92 Å². The zero-order chi connectivity index (χ0) is 19.3. The number of hydrogen-bond donors (Lipinski definition) is 1. The van der Waals surface area contributed by atoms with Gasteiger partial charge < -0.3 is 19.9 Å². The van der Waals surface area contributed by atoms with Gasteiger partial charge in [0.2, 0.25) is 0 Å². The molecule has 0 aliphatic carbocycles. The van der Waals surface area contributed by atoms with Gasteiger partial charge in [-0.1, -0.05) is 19.1 Å². The Bertz CT molecular complexity index is 814. The molecule has 7 nitrogen and oxygen atoms in total. The molecule has 1 N–H and O–H groups in total. The van der Waals surface area contributed by atoms with E-state index in [9.17, 15) is 4.79 Å². The molecule has 2 aromatic rings. The first-order valence-corrected chi connectivity index (χ1v) is 10.0. The number of carbonyl (C=O) groups is 1. The molecule has 1 amide bonds. The highest BCUT2D eigenvalue weighted by Crippen LogP contribution is 2.29. The zero-order valence-corrected chi connectivity index (χ0v) is 16.3. The molecule has 0 spiro atoms. The first-order valence-electron chi connectivity index (χ1n) is 10.0. The summed E-state index contributed by atoms with van der Waals surface area (Å²) in [7, 11) is 0. The average Bonchev–Trinajstić information content (AvgIpc) is 2.75. The maximum absolute atomic E-state index is 12.8. The van der Waals surface area contributed by atoms with Crippen molar-refractivity contribution in [3.8, 4) is 0 Å². The fourth-order valence-electron chi connectivity index (χ4n) is 3.71. The van der Waals surface area contributed by atoms with Crippen LogP contribution in [0.2, 0.25) is 0 Å². The van der Waals surface area contributed by atoms with Crippen molar-refractivity contribution in [1.82, 2.24) is 14.9 Å². The Hall–Kier alpha value is -2.67. The lowest BCUT2D eigenvalue weighted by Gasteiger charge is -2.31. The smallest absolute Gasteiger partial charge is 0.272 e. The van der Waals surface area contributed by atoms with Gasteiger partial charge in [0.05, 0.1) is 24.6 Å². The van der Waals surface area contributed by atoms with Crippen molar-refractivity contribution in [3.63, 3.8) is 0 Å². The number of ether oxygens (including phenoxy) is 1. The molecular weight excluding hydrogens is 354 g/mol. The number of morpholine rings is 1. The molecule has 3 heterocycles. The van der Waals surface area contributed by atoms with Crippen LogP contribution in [0.5, 0.6) is 0 Å². The van der Waals surface area contributed by atoms with Crippen LogP contribution in [0.15, 0.2) is 36.7 Å². The third kappa shape index (κ3) is 4.25. The summed E-state index contributed by atoms with van der Waals surface area (Å²) >= 11 is 0. The Kier molecular flexibility index (Phi) is 5.71. The highest BCUT2D eigenvalue weighted by Gasteiger charge is 2.23. The van der Waals surface area contributed by atoms with E-state index in [1.807, 2.05) is 23.1 Å². The van der Waals surface area contributed by atoms with Gasteiger partial charge in [-0.2, -0.15) is 0 Å². The predicted octanol–water partition coefficient (Wildman–Crippen LogP) is 2.93. The number of aromatic nitrogens is 2. The van der Waals surface area contributed by atoms with Crippen LogP contribution < -0.4 is 10.2 Å². The molecule has 2 aliphatic heterocycles. The van der Waals surface area contributed by atoms with Gasteiger partial charge in [0.15, 0.2) is 0 Å². The van der Waals surface area contributed by atoms with E-state index in [0.29, 0.717) is 17.4 Å². The number of carbonyl (C=O) groups excluding carboxylic acids is 1. The molecule has 2 fully saturated rings. The minimum Gasteiger partial charge on any atom is -0.378 e. The van der Waals surface area contributed by atoms with E-state index >= 15 is 0 Å². The van der Waals surface area contributed by atoms with Crippen molar-refractivity contribution in [2.75, 3.05) is 49.6 Å². The fourth-order valence-corrected chi connectivity index (χ4v) is 3.71. The average molecular weight is 381 g/mol. The number of para-hydroxylation sites is 2. The summed E-state index contributed by atoms with van der Waals surface area (Å²) in [4.78, 5) is 25.5. The molecule has 0 radical (unpaired) electrons. The second-order valence-corrected chi connectivity index (χ2v) is 7.50. The zero-order valence-electron chi connectivity index (χ0n) is 16.3. The highest BCUT2D eigenvalue weighted by atomic mass is 16.5. The Labute approximate surface area is 165 Å². The lowest BCUT2D eigenvalue weighted by Crippen LogP contribution is -2.38. The van der Waals surface area contributed by atoms with Crippen molar-refractivity contribution < 1.29 is 9.53 Å². The molecular formula is C21H27N5O2. The van der Waals surface area contributed by atoms with E-state index < -0.39 is 0 Å². The Morgan fingerprint density at radius 1 is 1.11 bits per heavy atom. The van der Waals surface area contributed by atoms with Crippen LogP contribution >= 0.6 is 0 Å². The third-order valence-electron chi connectivity index (χ3n) is 5.48. The topological polar surface area (TPSA) is 70.6 Å². The maximum Gasteiger partial charge on any atom is 0.272 e. The fraction of sp³-hybridized carbons (Fsp3) is 0.476. The van der Waals surface area contributed by atoms with Gasteiger partial charge in [0, 0.05) is 32.2 Å². The van der Waals surface area contributed by atoms with Gasteiger partial charge in [-0.3, -0.25) is 4.79 Å². The van der Waals surface area contributed by atoms with Gasteiger partial charge in [0.25, 0.3) is 5.91 Å². The van der Waals surface area contributed by atoms with Crippen molar-refractivity contribution in [1.29, 1.82) is 0 Å². The molecule has 0 atom stereocenters. The summed E-state index contributed by atoms with van der Waals surface area (Å²) in [6.45, 7) is 7.02. The third-order valence-corrected chi connectivity index (χ3v) is 5.48. The van der Waals surface area contributed by atoms with Crippen LogP contribution in [-0.2, 0) is 4.74 Å². The van der Waals surface area contributed by atoms with E-state index in [-0.39, 0.29) is 5.91 Å². The number of amides is 1. The quantitative estimate of drug-likeness (QED) is 0.878. The molecule has 1 aromatic carbocycles. The normalized spacial score (nSPS) is 18.2. The van der Waals surface area contributed by atoms with Crippen molar-refractivity contribution in [2.45, 2.75) is 19.8 Å². The Morgan fingerprint density at radius 2 is 1.86 bits per heavy atom. The molecule has 0 unspecified atom stereocenters. The van der Waals surface area contributed by atoms with E-state index in [1.165, 1.54) is 6.33 Å². The first kappa shape index (κ1) is 18.7. The summed E-state index contributed by atoms with van der Waals surface area (Å²) in [5.74, 6) is 1.30. The maximum atomic E-state index is 12.8. The molecule has 2 aliphatic rings. The summed E-state index contributed by atoms with van der Waals surface area (Å²) in [6.07, 6.45) is 3.56. The van der Waals surface area contributed by atoms with E-state index in [1.54, 1.807) is 6.07 Å². The van der Waals surface area contributed by atoms with Gasteiger partial charge in [0.1, 0.15) is 17.8 Å². The molecule has 1 aromatic heterocycles. The van der Waals surface area contributed by atoms with Crippen LogP contribution in [0.3, 0.4) is 0 Å². The molecule has 28 heavy (non-hydrogen) atoms. The van der Waals surface area contributed by atoms with E-state index in [4.69, 9.17) is 4.74 Å². The number of nitrogens with zero attached hydrogens (tertiary/aromatic N) is 4. The lowest BCUT2D eigenvalue weighted by atomic mass is 9.99. The molecule has 2 saturated heterocycles. The predicted molar refractivity (Wildman–Crippen MR) is 109 cm³/mol. The molecule has 4 rings (SSSR count). The summed E-state index contributed by atoms with van der Waals surface area (Å²) in [6, 6.07) is 9.89. The number of rotatable bonds is 4. The second kappa shape index (κ2) is 8.56. The molecule has 0 saturated carbocycles. The van der Waals surface area contributed by atoms with E-state index in [0.717, 1.165) is 63.6 Å². The summed E-state index contributed by atoms with van der Waals surface area (Å²) in [5, 5.41) is 3.37. The Morgan fingerprint density at radius 3 is 2.64 bits per heavy atom. The largest absolute Gasteiger partial charge is 0.378 e. The van der Waals surface area contributed by atoms with Crippen molar-refractivity contribution in [2.24, 2.45) is 5.92 Å². The van der Waals surface area contributed by atoms with Gasteiger partial charge >= 0.3 is 0 Å². The van der Waals surface area contributed by atoms with Crippen molar-refractivity contribution in [3.05, 3.63) is 42.4 Å². The highest BCUT2D eigenvalue weighted by molar-refractivity contribution is 5.93. The second-order valence-electron chi connectivity index (χ2n) is 7.50. The van der Waals surface area contributed by atoms with Crippen LogP contribution in [0.25, 0.3) is 0 Å². The number of likely N-dealkylation sites (tertiary alicyclic amines) is 1. The molecule has 7 heteroatoms. The molecule has 148 valence electrons. The number of nitrogens with one attached hydrogen (secondary N) is 1. The number of anilines is 3. The lowest BCUT2D eigenvalue weighted by molar-refractivity contribution is 0.0691. The number of benzene rings is 1. The standard InChI is InChI=1S/C21H27N5O2/c1-16-6-8-26(9-7-16)21(27)18-14-20(23-15-22-18)24-17-4-2-3-5-19(17)25-10-12-28-13-11-25/h2-5,14-16H,6-13H2,1H3,(H,22,23,24). The SMILES string of the molecule is CC1CCN(C(=O)c2cc(Nc3ccccc3N3CCOCC3)ncn2)CC1. The Balaban J connectivity index is 1.50.